The van der Waals surface area contributed by atoms with Crippen molar-refractivity contribution in [2.45, 2.75) is 32.9 Å². The summed E-state index contributed by atoms with van der Waals surface area (Å²) in [7, 11) is 0. The molecular weight excluding hydrogens is 450 g/mol. The molecule has 8 heteroatoms. The molecule has 3 aromatic rings. The van der Waals surface area contributed by atoms with Crippen molar-refractivity contribution in [1.29, 1.82) is 0 Å². The van der Waals surface area contributed by atoms with Gasteiger partial charge in [-0.15, -0.1) is 0 Å². The van der Waals surface area contributed by atoms with E-state index in [0.717, 1.165) is 10.0 Å². The molecule has 1 aromatic heterocycles. The predicted octanol–water partition coefficient (Wildman–Crippen LogP) is 3.60. The van der Waals surface area contributed by atoms with E-state index in [9.17, 15) is 14.4 Å². The summed E-state index contributed by atoms with van der Waals surface area (Å²) < 4.78 is 7.40. The first-order valence-corrected chi connectivity index (χ1v) is 10.4. The molecule has 0 aliphatic heterocycles. The van der Waals surface area contributed by atoms with Crippen molar-refractivity contribution in [3.8, 4) is 0 Å². The van der Waals surface area contributed by atoms with E-state index < -0.39 is 18.5 Å². The van der Waals surface area contributed by atoms with Crippen LogP contribution in [0.5, 0.6) is 0 Å². The third kappa shape index (κ3) is 4.94. The second-order valence-electron chi connectivity index (χ2n) is 6.84. The average Bonchev–Trinajstić information content (AvgIpc) is 2.74. The van der Waals surface area contributed by atoms with Gasteiger partial charge in [-0.1, -0.05) is 53.2 Å². The number of aryl methyl sites for hydroxylation is 1. The molecule has 7 nitrogen and oxygen atoms in total. The number of rotatable bonds is 7. The zero-order valence-corrected chi connectivity index (χ0v) is 18.3. The van der Waals surface area contributed by atoms with Gasteiger partial charge < -0.3 is 10.1 Å². The Bertz CT molecular complexity index is 1130. The van der Waals surface area contributed by atoms with E-state index >= 15 is 0 Å². The average molecular weight is 472 g/mol. The standard InChI is InChI=1S/C22H22BrN3O4/c1-3-12-26-21(28)18-7-5-4-6-17(18)20(25-26)22(29)30-13-19(27)24-14(2)15-8-10-16(23)11-9-15/h4-11,14H,3,12-13H2,1-2H3,(H,24,27). The van der Waals surface area contributed by atoms with E-state index in [2.05, 4.69) is 26.3 Å². The largest absolute Gasteiger partial charge is 0.451 e. The maximum absolute atomic E-state index is 12.6. The van der Waals surface area contributed by atoms with Gasteiger partial charge in [-0.3, -0.25) is 9.59 Å². The fourth-order valence-corrected chi connectivity index (χ4v) is 3.33. The fraction of sp³-hybridized carbons (Fsp3) is 0.273. The summed E-state index contributed by atoms with van der Waals surface area (Å²) in [4.78, 5) is 37.4. The van der Waals surface area contributed by atoms with Crippen molar-refractivity contribution < 1.29 is 14.3 Å². The van der Waals surface area contributed by atoms with Crippen LogP contribution in [-0.4, -0.2) is 28.3 Å². The van der Waals surface area contributed by atoms with Gasteiger partial charge in [-0.05, 0) is 37.1 Å². The Morgan fingerprint density at radius 2 is 1.80 bits per heavy atom. The van der Waals surface area contributed by atoms with Gasteiger partial charge in [0.05, 0.1) is 11.4 Å². The van der Waals surface area contributed by atoms with Crippen LogP contribution in [0.25, 0.3) is 10.8 Å². The van der Waals surface area contributed by atoms with E-state index in [1.165, 1.54) is 4.68 Å². The number of benzene rings is 2. The molecule has 0 radical (unpaired) electrons. The van der Waals surface area contributed by atoms with Crippen LogP contribution in [0, 0.1) is 0 Å². The molecule has 0 saturated heterocycles. The van der Waals surface area contributed by atoms with Crippen molar-refractivity contribution in [3.63, 3.8) is 0 Å². The second-order valence-corrected chi connectivity index (χ2v) is 7.76. The van der Waals surface area contributed by atoms with Crippen LogP contribution in [0.15, 0.2) is 57.8 Å². The number of hydrogen-bond donors (Lipinski definition) is 1. The maximum Gasteiger partial charge on any atom is 0.359 e. The van der Waals surface area contributed by atoms with Crippen LogP contribution in [0.3, 0.4) is 0 Å². The molecule has 0 spiro atoms. The van der Waals surface area contributed by atoms with E-state index in [1.807, 2.05) is 38.1 Å². The minimum atomic E-state index is -0.748. The Hall–Kier alpha value is -3.00. The van der Waals surface area contributed by atoms with Gasteiger partial charge in [-0.25, -0.2) is 9.48 Å². The Labute approximate surface area is 182 Å². The Balaban J connectivity index is 1.72. The number of ether oxygens (including phenoxy) is 1. The summed E-state index contributed by atoms with van der Waals surface area (Å²) >= 11 is 3.37. The SMILES string of the molecule is CCCn1nc(C(=O)OCC(=O)NC(C)c2ccc(Br)cc2)c2ccccc2c1=O. The van der Waals surface area contributed by atoms with E-state index in [0.29, 0.717) is 23.7 Å². The summed E-state index contributed by atoms with van der Waals surface area (Å²) in [5.74, 6) is -1.17. The number of esters is 1. The third-order valence-corrected chi connectivity index (χ3v) is 5.11. The summed E-state index contributed by atoms with van der Waals surface area (Å²) in [6.07, 6.45) is 0.691. The van der Waals surface area contributed by atoms with Crippen molar-refractivity contribution in [1.82, 2.24) is 15.1 Å². The Morgan fingerprint density at radius 3 is 2.47 bits per heavy atom. The molecule has 0 fully saturated rings. The highest BCUT2D eigenvalue weighted by atomic mass is 79.9. The number of nitrogens with one attached hydrogen (secondary N) is 1. The molecule has 3 rings (SSSR count). The highest BCUT2D eigenvalue weighted by Crippen LogP contribution is 2.17. The molecule has 1 N–H and O–H groups in total. The number of hydrogen-bond acceptors (Lipinski definition) is 5. The van der Waals surface area contributed by atoms with E-state index in [1.54, 1.807) is 24.3 Å². The van der Waals surface area contributed by atoms with Gasteiger partial charge in [0.2, 0.25) is 0 Å². The molecular formula is C22H22BrN3O4. The van der Waals surface area contributed by atoms with Crippen molar-refractivity contribution in [2.24, 2.45) is 0 Å². The van der Waals surface area contributed by atoms with Gasteiger partial charge >= 0.3 is 5.97 Å². The number of aromatic nitrogens is 2. The van der Waals surface area contributed by atoms with Crippen molar-refractivity contribution >= 4 is 38.6 Å². The predicted molar refractivity (Wildman–Crippen MR) is 117 cm³/mol. The highest BCUT2D eigenvalue weighted by molar-refractivity contribution is 9.10. The molecule has 30 heavy (non-hydrogen) atoms. The lowest BCUT2D eigenvalue weighted by Crippen LogP contribution is -2.32. The topological polar surface area (TPSA) is 90.3 Å². The molecule has 1 atom stereocenters. The first kappa shape index (κ1) is 21.7. The quantitative estimate of drug-likeness (QED) is 0.531. The number of fused-ring (bicyclic) bond motifs is 1. The summed E-state index contributed by atoms with van der Waals surface area (Å²) in [6.45, 7) is 3.70. The second kappa shape index (κ2) is 9.67. The van der Waals surface area contributed by atoms with E-state index in [-0.39, 0.29) is 17.3 Å². The summed E-state index contributed by atoms with van der Waals surface area (Å²) in [6, 6.07) is 14.1. The smallest absolute Gasteiger partial charge is 0.359 e. The minimum Gasteiger partial charge on any atom is -0.451 e. The van der Waals surface area contributed by atoms with Crippen molar-refractivity contribution in [3.05, 3.63) is 74.6 Å². The fourth-order valence-electron chi connectivity index (χ4n) is 3.07. The van der Waals surface area contributed by atoms with Gasteiger partial charge in [0.25, 0.3) is 11.5 Å². The lowest BCUT2D eigenvalue weighted by molar-refractivity contribution is -0.124. The Kier molecular flexibility index (Phi) is 6.99. The van der Waals surface area contributed by atoms with Gasteiger partial charge in [0, 0.05) is 16.4 Å². The molecule has 0 aliphatic rings. The molecule has 2 aromatic carbocycles. The lowest BCUT2D eigenvalue weighted by atomic mass is 10.1. The summed E-state index contributed by atoms with van der Waals surface area (Å²) in [5.41, 5.74) is 0.689. The molecule has 0 bridgehead atoms. The molecule has 1 unspecified atom stereocenters. The molecule has 0 aliphatic carbocycles. The Morgan fingerprint density at radius 1 is 1.13 bits per heavy atom. The normalized spacial score (nSPS) is 11.8. The first-order chi connectivity index (χ1) is 14.4. The number of carbonyl (C=O) groups is 2. The number of nitrogens with zero attached hydrogens (tertiary/aromatic N) is 2. The van der Waals surface area contributed by atoms with Crippen LogP contribution in [0.4, 0.5) is 0 Å². The highest BCUT2D eigenvalue weighted by Gasteiger charge is 2.19. The maximum atomic E-state index is 12.6. The van der Waals surface area contributed by atoms with Crippen molar-refractivity contribution in [2.75, 3.05) is 6.61 Å². The molecule has 0 saturated carbocycles. The zero-order chi connectivity index (χ0) is 21.7. The van der Waals surface area contributed by atoms with E-state index in [4.69, 9.17) is 4.74 Å². The summed E-state index contributed by atoms with van der Waals surface area (Å²) in [5, 5.41) is 7.77. The molecule has 1 amide bonds. The number of carbonyl (C=O) groups excluding carboxylic acids is 2. The number of amides is 1. The van der Waals surface area contributed by atoms with Crippen LogP contribution >= 0.6 is 15.9 Å². The number of halogens is 1. The zero-order valence-electron chi connectivity index (χ0n) is 16.7. The van der Waals surface area contributed by atoms with Crippen LogP contribution in [0.1, 0.15) is 42.4 Å². The molecule has 156 valence electrons. The first-order valence-electron chi connectivity index (χ1n) is 9.62. The van der Waals surface area contributed by atoms with Gasteiger partial charge in [-0.2, -0.15) is 5.10 Å². The van der Waals surface area contributed by atoms with Gasteiger partial charge in [0.15, 0.2) is 12.3 Å². The van der Waals surface area contributed by atoms with Gasteiger partial charge in [0.1, 0.15) is 0 Å². The van der Waals surface area contributed by atoms with Crippen LogP contribution < -0.4 is 10.9 Å². The molecule has 1 heterocycles. The van der Waals surface area contributed by atoms with Crippen LogP contribution in [-0.2, 0) is 16.1 Å². The third-order valence-electron chi connectivity index (χ3n) is 4.58. The minimum absolute atomic E-state index is 0.0207. The lowest BCUT2D eigenvalue weighted by Gasteiger charge is -2.15. The van der Waals surface area contributed by atoms with Crippen LogP contribution in [0.2, 0.25) is 0 Å². The monoisotopic (exact) mass is 471 g/mol.